The van der Waals surface area contributed by atoms with E-state index < -0.39 is 15.9 Å². The van der Waals surface area contributed by atoms with Crippen molar-refractivity contribution in [1.82, 2.24) is 0 Å². The molecule has 77 valence electrons. The fourth-order valence-electron chi connectivity index (χ4n) is 1.40. The molecule has 4 nitrogen and oxygen atoms in total. The van der Waals surface area contributed by atoms with E-state index in [9.17, 15) is 13.5 Å². The fourth-order valence-corrected chi connectivity index (χ4v) is 1.93. The summed E-state index contributed by atoms with van der Waals surface area (Å²) in [5, 5.41) is 12.4. The van der Waals surface area contributed by atoms with Crippen LogP contribution >= 0.6 is 0 Å². The lowest BCUT2D eigenvalue weighted by molar-refractivity contribution is 0.358. The van der Waals surface area contributed by atoms with E-state index in [0.717, 1.165) is 6.07 Å². The van der Waals surface area contributed by atoms with Crippen LogP contribution in [0.1, 0.15) is 0 Å². The second kappa shape index (κ2) is 3.22. The molecule has 0 aromatic heterocycles. The maximum absolute atomic E-state index is 11.5. The minimum absolute atomic E-state index is 0.369. The Kier molecular flexibility index (Phi) is 2.13. The summed E-state index contributed by atoms with van der Waals surface area (Å²) in [7, 11) is -4.32. The van der Waals surface area contributed by atoms with Gasteiger partial charge in [-0.3, -0.25) is 9.66 Å². The third-order valence-electron chi connectivity index (χ3n) is 2.10. The molecule has 1 radical (unpaired) electrons. The van der Waals surface area contributed by atoms with Crippen molar-refractivity contribution in [3.05, 3.63) is 36.4 Å². The zero-order valence-electron chi connectivity index (χ0n) is 7.54. The van der Waals surface area contributed by atoms with Crippen molar-refractivity contribution in [2.45, 2.75) is 4.90 Å². The van der Waals surface area contributed by atoms with Crippen LogP contribution in [0.4, 0.5) is 0 Å². The first-order valence-corrected chi connectivity index (χ1v) is 5.60. The summed E-state index contributed by atoms with van der Waals surface area (Å²) in [6.45, 7) is 0. The third-order valence-corrected chi connectivity index (χ3v) is 2.93. The van der Waals surface area contributed by atoms with E-state index in [1.54, 1.807) is 24.3 Å². The van der Waals surface area contributed by atoms with Crippen LogP contribution in [0.25, 0.3) is 10.8 Å². The summed E-state index contributed by atoms with van der Waals surface area (Å²) < 4.78 is 30.5. The molecular formula is C10H7O4S. The molecule has 5 heteroatoms. The van der Waals surface area contributed by atoms with Crippen LogP contribution in [0.3, 0.4) is 0 Å². The van der Waals surface area contributed by atoms with Crippen LogP contribution in [-0.4, -0.2) is 13.0 Å². The first-order valence-electron chi connectivity index (χ1n) is 4.16. The highest BCUT2D eigenvalue weighted by atomic mass is 32.2. The first-order chi connectivity index (χ1) is 6.98. The monoisotopic (exact) mass is 223 g/mol. The van der Waals surface area contributed by atoms with Gasteiger partial charge in [-0.1, -0.05) is 24.3 Å². The van der Waals surface area contributed by atoms with Crippen LogP contribution in [-0.2, 0) is 15.2 Å². The second-order valence-corrected chi connectivity index (χ2v) is 4.54. The van der Waals surface area contributed by atoms with Crippen molar-refractivity contribution in [2.24, 2.45) is 0 Å². The molecule has 2 aromatic carbocycles. The zero-order valence-corrected chi connectivity index (χ0v) is 8.36. The molecule has 0 amide bonds. The molecule has 0 aliphatic heterocycles. The molecule has 0 fully saturated rings. The minimum Gasteiger partial charge on any atom is -0.289 e. The van der Waals surface area contributed by atoms with Crippen molar-refractivity contribution in [2.75, 3.05) is 0 Å². The molecule has 0 aliphatic rings. The average Bonchev–Trinajstić information content (AvgIpc) is 2.16. The molecule has 0 bridgehead atoms. The van der Waals surface area contributed by atoms with E-state index in [2.05, 4.69) is 0 Å². The van der Waals surface area contributed by atoms with E-state index in [0.29, 0.717) is 10.8 Å². The molecular weight excluding hydrogens is 216 g/mol. The molecule has 0 unspecified atom stereocenters. The Labute approximate surface area is 86.5 Å². The number of fused-ring (bicyclic) bond motifs is 1. The highest BCUT2D eigenvalue weighted by Gasteiger charge is 2.13. The SMILES string of the molecule is [O]c1cc(S(=O)(=O)O)cc2ccccc12. The van der Waals surface area contributed by atoms with Crippen molar-refractivity contribution in [1.29, 1.82) is 0 Å². The molecule has 0 spiro atoms. The summed E-state index contributed by atoms with van der Waals surface area (Å²) in [5.41, 5.74) is 0. The predicted molar refractivity (Wildman–Crippen MR) is 53.9 cm³/mol. The van der Waals surface area contributed by atoms with Gasteiger partial charge in [0, 0.05) is 11.5 Å². The quantitative estimate of drug-likeness (QED) is 0.753. The van der Waals surface area contributed by atoms with E-state index in [-0.39, 0.29) is 4.90 Å². The van der Waals surface area contributed by atoms with Gasteiger partial charge in [0.25, 0.3) is 10.1 Å². The number of hydrogen-bond donors (Lipinski definition) is 1. The maximum atomic E-state index is 11.5. The molecule has 0 aliphatic carbocycles. The lowest BCUT2D eigenvalue weighted by atomic mass is 10.1. The first kappa shape index (κ1) is 9.95. The van der Waals surface area contributed by atoms with Crippen LogP contribution in [0.5, 0.6) is 5.75 Å². The lowest BCUT2D eigenvalue weighted by Crippen LogP contribution is -1.97. The summed E-state index contributed by atoms with van der Waals surface area (Å²) in [5.74, 6) is -0.416. The van der Waals surface area contributed by atoms with Gasteiger partial charge in [0.1, 0.15) is 0 Å². The standard InChI is InChI=1S/C10H7O4S/c11-10-6-8(15(12,13)14)5-7-3-1-2-4-9(7)10/h1-6H,(H,12,13,14). The summed E-state index contributed by atoms with van der Waals surface area (Å²) >= 11 is 0. The zero-order chi connectivity index (χ0) is 11.1. The van der Waals surface area contributed by atoms with Gasteiger partial charge in [-0.15, -0.1) is 0 Å². The Morgan fingerprint density at radius 3 is 2.40 bits per heavy atom. The minimum atomic E-state index is -4.32. The summed E-state index contributed by atoms with van der Waals surface area (Å²) in [4.78, 5) is -0.369. The molecule has 0 atom stereocenters. The van der Waals surface area contributed by atoms with Gasteiger partial charge in [0.15, 0.2) is 5.75 Å². The molecule has 0 saturated heterocycles. The van der Waals surface area contributed by atoms with Crippen LogP contribution in [0.2, 0.25) is 0 Å². The Bertz CT molecular complexity index is 616. The molecule has 0 saturated carbocycles. The van der Waals surface area contributed by atoms with Crippen LogP contribution in [0, 0.1) is 0 Å². The Balaban J connectivity index is 2.85. The molecule has 1 N–H and O–H groups in total. The highest BCUT2D eigenvalue weighted by Crippen LogP contribution is 2.28. The van der Waals surface area contributed by atoms with Gasteiger partial charge in [-0.25, -0.2) is 0 Å². The molecule has 0 heterocycles. The van der Waals surface area contributed by atoms with Crippen molar-refractivity contribution >= 4 is 20.9 Å². The maximum Gasteiger partial charge on any atom is 0.294 e. The number of hydrogen-bond acceptors (Lipinski definition) is 2. The number of benzene rings is 2. The van der Waals surface area contributed by atoms with Crippen molar-refractivity contribution in [3.8, 4) is 5.75 Å². The van der Waals surface area contributed by atoms with Crippen LogP contribution < -0.4 is 0 Å². The van der Waals surface area contributed by atoms with Crippen molar-refractivity contribution in [3.63, 3.8) is 0 Å². The predicted octanol–water partition coefficient (Wildman–Crippen LogP) is 2.23. The Morgan fingerprint density at radius 1 is 1.07 bits per heavy atom. The Morgan fingerprint density at radius 2 is 1.73 bits per heavy atom. The summed E-state index contributed by atoms with van der Waals surface area (Å²) in [6, 6.07) is 8.78. The van der Waals surface area contributed by atoms with Crippen molar-refractivity contribution < 1.29 is 18.1 Å². The van der Waals surface area contributed by atoms with E-state index in [1.807, 2.05) is 0 Å². The van der Waals surface area contributed by atoms with Gasteiger partial charge in [-0.2, -0.15) is 8.42 Å². The topological polar surface area (TPSA) is 74.3 Å². The van der Waals surface area contributed by atoms with Gasteiger partial charge in [-0.05, 0) is 11.5 Å². The lowest BCUT2D eigenvalue weighted by Gasteiger charge is -2.01. The molecule has 2 aromatic rings. The van der Waals surface area contributed by atoms with Gasteiger partial charge in [0.05, 0.1) is 4.90 Å². The number of rotatable bonds is 1. The van der Waals surface area contributed by atoms with Gasteiger partial charge >= 0.3 is 0 Å². The van der Waals surface area contributed by atoms with E-state index in [1.165, 1.54) is 6.07 Å². The fraction of sp³-hybridized carbons (Fsp3) is 0. The molecule has 15 heavy (non-hydrogen) atoms. The third kappa shape index (κ3) is 1.79. The Hall–Kier alpha value is -1.59. The smallest absolute Gasteiger partial charge is 0.289 e. The average molecular weight is 223 g/mol. The van der Waals surface area contributed by atoms with E-state index >= 15 is 0 Å². The second-order valence-electron chi connectivity index (χ2n) is 3.12. The highest BCUT2D eigenvalue weighted by molar-refractivity contribution is 7.85. The van der Waals surface area contributed by atoms with Gasteiger partial charge < -0.3 is 0 Å². The largest absolute Gasteiger partial charge is 0.294 e. The molecule has 2 rings (SSSR count). The summed E-state index contributed by atoms with van der Waals surface area (Å²) in [6.07, 6.45) is 0. The normalized spacial score (nSPS) is 11.8. The van der Waals surface area contributed by atoms with Gasteiger partial charge in [0.2, 0.25) is 0 Å². The van der Waals surface area contributed by atoms with Crippen LogP contribution in [0.15, 0.2) is 41.3 Å². The van der Waals surface area contributed by atoms with E-state index in [4.69, 9.17) is 4.55 Å².